The highest BCUT2D eigenvalue weighted by Gasteiger charge is 2.50. The summed E-state index contributed by atoms with van der Waals surface area (Å²) in [6, 6.07) is 19.5. The Bertz CT molecular complexity index is 1690. The molecule has 238 valence electrons. The normalized spacial score (nSPS) is 24.0. The molecule has 2 heterocycles. The minimum Gasteiger partial charge on any atom is -0.372 e. The fraction of sp³-hybridized carbons (Fsp3) is 0.333. The highest BCUT2D eigenvalue weighted by Crippen LogP contribution is 2.43. The second-order valence-corrected chi connectivity index (χ2v) is 12.6. The number of carbonyl (C=O) groups excluding carboxylic acids is 2. The van der Waals surface area contributed by atoms with Crippen molar-refractivity contribution in [2.45, 2.75) is 56.2 Å². The molecule has 1 aliphatic carbocycles. The lowest BCUT2D eigenvalue weighted by Gasteiger charge is -2.31. The lowest BCUT2D eigenvalue weighted by atomic mass is 9.81. The number of rotatable bonds is 9. The number of ether oxygens (including phenoxy) is 1. The summed E-state index contributed by atoms with van der Waals surface area (Å²) in [6.07, 6.45) is 9.50. The van der Waals surface area contributed by atoms with Crippen LogP contribution in [0.15, 0.2) is 95.1 Å². The van der Waals surface area contributed by atoms with E-state index in [1.807, 2.05) is 37.3 Å². The van der Waals surface area contributed by atoms with Crippen molar-refractivity contribution >= 4 is 46.8 Å². The number of allylic oxidation sites excluding steroid dienone is 1. The van der Waals surface area contributed by atoms with Crippen molar-refractivity contribution in [3.63, 3.8) is 0 Å². The number of nitrogens with one attached hydrogen (secondary N) is 2. The molecule has 2 fully saturated rings. The zero-order valence-corrected chi connectivity index (χ0v) is 26.6. The largest absolute Gasteiger partial charge is 0.372 e. The summed E-state index contributed by atoms with van der Waals surface area (Å²) in [7, 11) is 1.57. The Hall–Kier alpha value is -4.34. The van der Waals surface area contributed by atoms with E-state index in [0.29, 0.717) is 16.6 Å². The first kappa shape index (κ1) is 31.6. The van der Waals surface area contributed by atoms with Gasteiger partial charge in [-0.15, -0.1) is 0 Å². The Balaban J connectivity index is 1.31. The molecular formula is C36H37ClFN5O3. The van der Waals surface area contributed by atoms with Gasteiger partial charge in [-0.1, -0.05) is 60.8 Å². The molecule has 3 aromatic carbocycles. The summed E-state index contributed by atoms with van der Waals surface area (Å²) in [5, 5.41) is 6.21. The lowest BCUT2D eigenvalue weighted by Crippen LogP contribution is -2.45. The van der Waals surface area contributed by atoms with E-state index < -0.39 is 34.9 Å². The van der Waals surface area contributed by atoms with E-state index in [4.69, 9.17) is 21.3 Å². The Kier molecular flexibility index (Phi) is 9.06. The lowest BCUT2D eigenvalue weighted by molar-refractivity contribution is -0.119. The summed E-state index contributed by atoms with van der Waals surface area (Å²) in [6.45, 7) is 2.04. The maximum atomic E-state index is 15.4. The van der Waals surface area contributed by atoms with Gasteiger partial charge in [-0.25, -0.2) is 9.18 Å². The molecule has 1 saturated carbocycles. The summed E-state index contributed by atoms with van der Waals surface area (Å²) < 4.78 is 21.5. The molecule has 10 heteroatoms. The van der Waals surface area contributed by atoms with E-state index in [-0.39, 0.29) is 18.7 Å². The standard InChI is InChI=1S/C36H37ClFN5O3/c1-24-36(18-17-25-9-10-25,40-20-6-19-39-24)27-11-16-30(38)31(21-27)42-33(44)32-22-35(46-2,26-7-4-3-5-8-26)23-43(32)34(45)41-29-14-12-28(37)13-15-29/h3-8,11-16,19-21,25,32H,9-10,17-18,22-23H2,1-2H3,(H,41,45)(H,42,44)/t32-,35-,36?/m1/s1. The highest BCUT2D eigenvalue weighted by atomic mass is 35.5. The first-order chi connectivity index (χ1) is 22.2. The Morgan fingerprint density at radius 1 is 1.04 bits per heavy atom. The average molecular weight is 642 g/mol. The smallest absolute Gasteiger partial charge is 0.322 e. The van der Waals surface area contributed by atoms with Crippen LogP contribution in [0.25, 0.3) is 0 Å². The van der Waals surface area contributed by atoms with Gasteiger partial charge in [0.05, 0.1) is 12.2 Å². The van der Waals surface area contributed by atoms with Gasteiger partial charge in [-0.3, -0.25) is 14.8 Å². The molecule has 2 aliphatic heterocycles. The van der Waals surface area contributed by atoms with Gasteiger partial charge >= 0.3 is 6.03 Å². The van der Waals surface area contributed by atoms with Crippen LogP contribution in [0.1, 0.15) is 50.2 Å². The van der Waals surface area contributed by atoms with Gasteiger partial charge in [0.15, 0.2) is 0 Å². The molecule has 2 N–H and O–H groups in total. The maximum Gasteiger partial charge on any atom is 0.322 e. The summed E-state index contributed by atoms with van der Waals surface area (Å²) in [5.41, 5.74) is 1.17. The third-order valence-corrected chi connectivity index (χ3v) is 9.57. The average Bonchev–Trinajstić information content (AvgIpc) is 3.84. The number of amides is 3. The van der Waals surface area contributed by atoms with Crippen molar-refractivity contribution < 1.29 is 18.7 Å². The molecule has 0 radical (unpaired) electrons. The van der Waals surface area contributed by atoms with Crippen molar-refractivity contribution in [2.75, 3.05) is 24.3 Å². The van der Waals surface area contributed by atoms with Crippen molar-refractivity contribution in [1.82, 2.24) is 4.90 Å². The van der Waals surface area contributed by atoms with E-state index in [0.717, 1.165) is 29.7 Å². The van der Waals surface area contributed by atoms with Crippen LogP contribution in [0.2, 0.25) is 5.02 Å². The van der Waals surface area contributed by atoms with Crippen LogP contribution >= 0.6 is 11.6 Å². The third kappa shape index (κ3) is 6.48. The van der Waals surface area contributed by atoms with Crippen LogP contribution in [-0.2, 0) is 20.7 Å². The number of nitrogens with zero attached hydrogens (tertiary/aromatic N) is 3. The number of likely N-dealkylation sites (tertiary alicyclic amines) is 1. The van der Waals surface area contributed by atoms with E-state index >= 15 is 4.39 Å². The van der Waals surface area contributed by atoms with Crippen LogP contribution in [0.3, 0.4) is 0 Å². The Labute approximate surface area is 273 Å². The fourth-order valence-electron chi connectivity index (χ4n) is 6.42. The van der Waals surface area contributed by atoms with Gasteiger partial charge in [-0.05, 0) is 79.3 Å². The number of benzene rings is 3. The zero-order chi connectivity index (χ0) is 32.3. The molecular weight excluding hydrogens is 605 g/mol. The number of urea groups is 1. The number of methoxy groups -OCH3 is 1. The van der Waals surface area contributed by atoms with Crippen molar-refractivity contribution in [3.8, 4) is 0 Å². The van der Waals surface area contributed by atoms with Crippen LogP contribution in [0, 0.1) is 11.7 Å². The van der Waals surface area contributed by atoms with E-state index in [2.05, 4.69) is 15.6 Å². The summed E-state index contributed by atoms with van der Waals surface area (Å²) >= 11 is 6.03. The first-order valence-electron chi connectivity index (χ1n) is 15.5. The molecule has 0 bridgehead atoms. The van der Waals surface area contributed by atoms with Gasteiger partial charge in [0.2, 0.25) is 5.91 Å². The quantitative estimate of drug-likeness (QED) is 0.251. The van der Waals surface area contributed by atoms with E-state index in [9.17, 15) is 9.59 Å². The topological polar surface area (TPSA) is 95.4 Å². The fourth-order valence-corrected chi connectivity index (χ4v) is 6.54. The minimum absolute atomic E-state index is 0.0150. The van der Waals surface area contributed by atoms with Gasteiger partial charge in [-0.2, -0.15) is 0 Å². The maximum absolute atomic E-state index is 15.4. The predicted molar refractivity (Wildman–Crippen MR) is 180 cm³/mol. The number of hydrogen-bond donors (Lipinski definition) is 2. The molecule has 1 saturated heterocycles. The Morgan fingerprint density at radius 2 is 1.80 bits per heavy atom. The molecule has 46 heavy (non-hydrogen) atoms. The van der Waals surface area contributed by atoms with E-state index in [1.54, 1.807) is 62.0 Å². The molecule has 0 aromatic heterocycles. The molecule has 3 atom stereocenters. The predicted octanol–water partition coefficient (Wildman–Crippen LogP) is 7.71. The minimum atomic E-state index is -0.970. The number of hydrogen-bond acceptors (Lipinski definition) is 5. The van der Waals surface area contributed by atoms with Crippen LogP contribution in [-0.4, -0.2) is 48.5 Å². The third-order valence-electron chi connectivity index (χ3n) is 9.32. The van der Waals surface area contributed by atoms with Gasteiger partial charge < -0.3 is 20.3 Å². The van der Waals surface area contributed by atoms with Crippen LogP contribution in [0.4, 0.5) is 20.6 Å². The number of carbonyl (C=O) groups is 2. The molecule has 0 spiro atoms. The van der Waals surface area contributed by atoms with Gasteiger partial charge in [0.25, 0.3) is 0 Å². The molecule has 1 unspecified atom stereocenters. The zero-order valence-electron chi connectivity index (χ0n) is 25.9. The molecule has 3 amide bonds. The van der Waals surface area contributed by atoms with Crippen LogP contribution in [0.5, 0.6) is 0 Å². The highest BCUT2D eigenvalue weighted by molar-refractivity contribution is 6.30. The number of anilines is 2. The van der Waals surface area contributed by atoms with Crippen molar-refractivity contribution in [1.29, 1.82) is 0 Å². The Morgan fingerprint density at radius 3 is 2.52 bits per heavy atom. The summed E-state index contributed by atoms with van der Waals surface area (Å²) in [5.74, 6) is -0.453. The second-order valence-electron chi connectivity index (χ2n) is 12.2. The van der Waals surface area contributed by atoms with Crippen molar-refractivity contribution in [2.24, 2.45) is 15.9 Å². The second kappa shape index (κ2) is 13.2. The molecule has 3 aliphatic rings. The SMILES string of the molecule is CO[C@]1(c2ccccc2)C[C@H](C(=O)Nc2cc(C3(CCC4CC4)N=CC=CN=C3C)ccc2F)N(C(=O)Nc2ccc(Cl)cc2)C1. The molecule has 8 nitrogen and oxygen atoms in total. The number of aliphatic imine (C=N–C) groups is 2. The first-order valence-corrected chi connectivity index (χ1v) is 15.9. The van der Waals surface area contributed by atoms with Crippen LogP contribution < -0.4 is 10.6 Å². The van der Waals surface area contributed by atoms with E-state index in [1.165, 1.54) is 23.8 Å². The monoisotopic (exact) mass is 641 g/mol. The summed E-state index contributed by atoms with van der Waals surface area (Å²) in [4.78, 5) is 38.8. The molecule has 3 aromatic rings. The number of halogens is 2. The van der Waals surface area contributed by atoms with Gasteiger partial charge in [0.1, 0.15) is 23.0 Å². The van der Waals surface area contributed by atoms with Gasteiger partial charge in [0, 0.05) is 42.4 Å². The molecule has 6 rings (SSSR count). The van der Waals surface area contributed by atoms with Crippen molar-refractivity contribution in [3.05, 3.63) is 107 Å².